The molecule has 25 heavy (non-hydrogen) atoms. The third kappa shape index (κ3) is 5.93. The molecule has 0 aromatic heterocycles. The normalized spacial score (nSPS) is 10.0. The van der Waals surface area contributed by atoms with Crippen molar-refractivity contribution < 1.29 is 14.4 Å². The summed E-state index contributed by atoms with van der Waals surface area (Å²) < 4.78 is 0. The SMILES string of the molecule is CC(=O)Nc1ccc(C(=O)NCCNC(=O)c2ccc(Cl)cc2)cc1. The number of amides is 3. The van der Waals surface area contributed by atoms with Crippen LogP contribution < -0.4 is 16.0 Å². The highest BCUT2D eigenvalue weighted by atomic mass is 35.5. The third-order valence-electron chi connectivity index (χ3n) is 3.27. The number of anilines is 1. The van der Waals surface area contributed by atoms with Gasteiger partial charge in [0.15, 0.2) is 0 Å². The van der Waals surface area contributed by atoms with Gasteiger partial charge >= 0.3 is 0 Å². The molecule has 2 aromatic rings. The molecule has 6 nitrogen and oxygen atoms in total. The van der Waals surface area contributed by atoms with E-state index in [0.29, 0.717) is 34.9 Å². The molecule has 7 heteroatoms. The molecule has 0 saturated heterocycles. The van der Waals surface area contributed by atoms with Crippen molar-refractivity contribution in [3.05, 3.63) is 64.7 Å². The van der Waals surface area contributed by atoms with Gasteiger partial charge < -0.3 is 16.0 Å². The number of rotatable bonds is 6. The van der Waals surface area contributed by atoms with Crippen LogP contribution in [0.15, 0.2) is 48.5 Å². The van der Waals surface area contributed by atoms with Gasteiger partial charge in [-0.3, -0.25) is 14.4 Å². The van der Waals surface area contributed by atoms with E-state index < -0.39 is 0 Å². The van der Waals surface area contributed by atoms with Crippen LogP contribution in [0.25, 0.3) is 0 Å². The van der Waals surface area contributed by atoms with Crippen molar-refractivity contribution in [3.8, 4) is 0 Å². The molecule has 3 N–H and O–H groups in total. The topological polar surface area (TPSA) is 87.3 Å². The molecule has 0 fully saturated rings. The summed E-state index contributed by atoms with van der Waals surface area (Å²) in [4.78, 5) is 34.8. The van der Waals surface area contributed by atoms with Gasteiger partial charge in [0.05, 0.1) is 0 Å². The number of benzene rings is 2. The van der Waals surface area contributed by atoms with Crippen molar-refractivity contribution in [1.82, 2.24) is 10.6 Å². The molecule has 0 heterocycles. The fourth-order valence-corrected chi connectivity index (χ4v) is 2.19. The summed E-state index contributed by atoms with van der Waals surface area (Å²) in [6, 6.07) is 13.1. The van der Waals surface area contributed by atoms with E-state index in [-0.39, 0.29) is 17.7 Å². The average Bonchev–Trinajstić information content (AvgIpc) is 2.59. The molecule has 2 aromatic carbocycles. The Balaban J connectivity index is 1.75. The van der Waals surface area contributed by atoms with Gasteiger partial charge in [0.25, 0.3) is 11.8 Å². The molecule has 0 saturated carbocycles. The summed E-state index contributed by atoms with van der Waals surface area (Å²) in [5.74, 6) is -0.658. The van der Waals surface area contributed by atoms with Gasteiger partial charge in [-0.2, -0.15) is 0 Å². The fraction of sp³-hybridized carbons (Fsp3) is 0.167. The zero-order valence-electron chi connectivity index (χ0n) is 13.6. The van der Waals surface area contributed by atoms with Gasteiger partial charge in [-0.05, 0) is 48.5 Å². The second-order valence-electron chi connectivity index (χ2n) is 5.28. The van der Waals surface area contributed by atoms with E-state index >= 15 is 0 Å². The molecule has 0 bridgehead atoms. The molecule has 3 amide bonds. The fourth-order valence-electron chi connectivity index (χ4n) is 2.07. The molecule has 0 aliphatic heterocycles. The van der Waals surface area contributed by atoms with Gasteiger partial charge in [-0.15, -0.1) is 0 Å². The minimum absolute atomic E-state index is 0.173. The molecule has 130 valence electrons. The molecule has 2 rings (SSSR count). The monoisotopic (exact) mass is 359 g/mol. The molecular weight excluding hydrogens is 342 g/mol. The van der Waals surface area contributed by atoms with Crippen molar-refractivity contribution >= 4 is 35.0 Å². The summed E-state index contributed by atoms with van der Waals surface area (Å²) in [6.45, 7) is 2.02. The number of hydrogen-bond donors (Lipinski definition) is 3. The van der Waals surface area contributed by atoms with Crippen LogP contribution in [0.5, 0.6) is 0 Å². The zero-order valence-corrected chi connectivity index (χ0v) is 14.4. The maximum atomic E-state index is 12.0. The van der Waals surface area contributed by atoms with E-state index in [9.17, 15) is 14.4 Å². The molecular formula is C18H18ClN3O3. The smallest absolute Gasteiger partial charge is 0.251 e. The summed E-state index contributed by atoms with van der Waals surface area (Å²) >= 11 is 5.77. The minimum Gasteiger partial charge on any atom is -0.350 e. The van der Waals surface area contributed by atoms with Crippen molar-refractivity contribution in [1.29, 1.82) is 0 Å². The minimum atomic E-state index is -0.255. The van der Waals surface area contributed by atoms with Gasteiger partial charge in [-0.25, -0.2) is 0 Å². The predicted molar refractivity (Wildman–Crippen MR) is 96.9 cm³/mol. The first kappa shape index (κ1) is 18.5. The highest BCUT2D eigenvalue weighted by Crippen LogP contribution is 2.10. The lowest BCUT2D eigenvalue weighted by molar-refractivity contribution is -0.114. The van der Waals surface area contributed by atoms with Crippen molar-refractivity contribution in [2.75, 3.05) is 18.4 Å². The van der Waals surface area contributed by atoms with Crippen LogP contribution >= 0.6 is 11.6 Å². The second-order valence-corrected chi connectivity index (χ2v) is 5.71. The zero-order chi connectivity index (χ0) is 18.2. The first-order valence-electron chi connectivity index (χ1n) is 7.65. The average molecular weight is 360 g/mol. The summed E-state index contributed by atoms with van der Waals surface area (Å²) in [5, 5.41) is 8.62. The predicted octanol–water partition coefficient (Wildman–Crippen LogP) is 2.46. The Morgan fingerprint density at radius 3 is 1.68 bits per heavy atom. The molecule has 0 atom stereocenters. The standard InChI is InChI=1S/C18H18ClN3O3/c1-12(23)22-16-8-4-14(5-9-16)18(25)21-11-10-20-17(24)13-2-6-15(19)7-3-13/h2-9H,10-11H2,1H3,(H,20,24)(H,21,25)(H,22,23). The molecule has 0 radical (unpaired) electrons. The van der Waals surface area contributed by atoms with Crippen molar-refractivity contribution in [2.45, 2.75) is 6.92 Å². The number of carbonyl (C=O) groups excluding carboxylic acids is 3. The van der Waals surface area contributed by atoms with Crippen LogP contribution in [0.2, 0.25) is 5.02 Å². The molecule has 0 aliphatic rings. The van der Waals surface area contributed by atoms with Crippen molar-refractivity contribution in [2.24, 2.45) is 0 Å². The molecule has 0 spiro atoms. The van der Waals surface area contributed by atoms with E-state index in [2.05, 4.69) is 16.0 Å². The summed E-state index contributed by atoms with van der Waals surface area (Å²) in [5.41, 5.74) is 1.60. The second kappa shape index (κ2) is 8.84. The number of hydrogen-bond acceptors (Lipinski definition) is 3. The molecule has 0 unspecified atom stereocenters. The number of halogens is 1. The highest BCUT2D eigenvalue weighted by molar-refractivity contribution is 6.30. The van der Waals surface area contributed by atoms with E-state index in [1.165, 1.54) is 6.92 Å². The Kier molecular flexibility index (Phi) is 6.54. The van der Waals surface area contributed by atoms with Gasteiger partial charge in [-0.1, -0.05) is 11.6 Å². The number of carbonyl (C=O) groups is 3. The quantitative estimate of drug-likeness (QED) is 0.692. The number of nitrogens with one attached hydrogen (secondary N) is 3. The Hall–Kier alpha value is -2.86. The van der Waals surface area contributed by atoms with E-state index in [0.717, 1.165) is 0 Å². The Morgan fingerprint density at radius 2 is 1.24 bits per heavy atom. The van der Waals surface area contributed by atoms with E-state index in [1.54, 1.807) is 48.5 Å². The first-order valence-corrected chi connectivity index (χ1v) is 8.03. The van der Waals surface area contributed by atoms with Gasteiger partial charge in [0, 0.05) is 41.9 Å². The first-order chi connectivity index (χ1) is 12.0. The maximum absolute atomic E-state index is 12.0. The van der Waals surface area contributed by atoms with Gasteiger partial charge in [0.2, 0.25) is 5.91 Å². The van der Waals surface area contributed by atoms with Crippen LogP contribution in [-0.4, -0.2) is 30.8 Å². The van der Waals surface area contributed by atoms with Crippen LogP contribution in [0.1, 0.15) is 27.6 Å². The lowest BCUT2D eigenvalue weighted by Gasteiger charge is -2.08. The Morgan fingerprint density at radius 1 is 0.800 bits per heavy atom. The van der Waals surface area contributed by atoms with Crippen LogP contribution in [0, 0.1) is 0 Å². The lowest BCUT2D eigenvalue weighted by atomic mass is 10.2. The molecule has 0 aliphatic carbocycles. The highest BCUT2D eigenvalue weighted by Gasteiger charge is 2.07. The van der Waals surface area contributed by atoms with Crippen LogP contribution in [0.4, 0.5) is 5.69 Å². The largest absolute Gasteiger partial charge is 0.350 e. The van der Waals surface area contributed by atoms with Crippen molar-refractivity contribution in [3.63, 3.8) is 0 Å². The summed E-state index contributed by atoms with van der Waals surface area (Å²) in [7, 11) is 0. The van der Waals surface area contributed by atoms with Gasteiger partial charge in [0.1, 0.15) is 0 Å². The van der Waals surface area contributed by atoms with Crippen LogP contribution in [-0.2, 0) is 4.79 Å². The van der Waals surface area contributed by atoms with E-state index in [1.807, 2.05) is 0 Å². The Bertz CT molecular complexity index is 758. The summed E-state index contributed by atoms with van der Waals surface area (Å²) in [6.07, 6.45) is 0. The lowest BCUT2D eigenvalue weighted by Crippen LogP contribution is -2.34. The third-order valence-corrected chi connectivity index (χ3v) is 3.52. The van der Waals surface area contributed by atoms with Crippen LogP contribution in [0.3, 0.4) is 0 Å². The maximum Gasteiger partial charge on any atom is 0.251 e. The Labute approximate surface area is 150 Å². The van der Waals surface area contributed by atoms with E-state index in [4.69, 9.17) is 11.6 Å².